The molecule has 0 fully saturated rings. The number of benzene rings is 3. The lowest BCUT2D eigenvalue weighted by atomic mass is 9.77. The lowest BCUT2D eigenvalue weighted by molar-refractivity contribution is 0.254. The molecule has 5 heteroatoms. The Kier molecular flexibility index (Phi) is 5.05. The minimum atomic E-state index is -0.738. The van der Waals surface area contributed by atoms with Gasteiger partial charge in [0.1, 0.15) is 12.1 Å². The van der Waals surface area contributed by atoms with Crippen molar-refractivity contribution < 1.29 is 5.11 Å². The average molecular weight is 467 g/mol. The van der Waals surface area contributed by atoms with E-state index in [1.807, 2.05) is 59.3 Å². The second kappa shape index (κ2) is 7.62. The molecule has 4 nitrogen and oxygen atoms in total. The molecule has 27 heavy (non-hydrogen) atoms. The molecule has 0 saturated heterocycles. The fourth-order valence-corrected chi connectivity index (χ4v) is 4.09. The first-order valence-electron chi connectivity index (χ1n) is 8.66. The highest BCUT2D eigenvalue weighted by molar-refractivity contribution is 14.1. The fourth-order valence-electron chi connectivity index (χ4n) is 3.59. The second-order valence-corrected chi connectivity index (χ2v) is 7.14. The largest absolute Gasteiger partial charge is 0.388 e. The van der Waals surface area contributed by atoms with E-state index in [1.165, 1.54) is 0 Å². The molecule has 1 heterocycles. The molecule has 0 aliphatic carbocycles. The zero-order valence-electron chi connectivity index (χ0n) is 14.5. The first-order chi connectivity index (χ1) is 13.3. The molecule has 0 radical (unpaired) electrons. The molecule has 1 N–H and O–H groups in total. The molecule has 0 aliphatic rings. The number of aliphatic hydroxyl groups excluding tert-OH is 1. The summed E-state index contributed by atoms with van der Waals surface area (Å²) in [5, 5.41) is 14.7. The van der Waals surface area contributed by atoms with Gasteiger partial charge in [-0.2, -0.15) is 0 Å². The quantitative estimate of drug-likeness (QED) is 0.354. The summed E-state index contributed by atoms with van der Waals surface area (Å²) in [7, 11) is 0. The lowest BCUT2D eigenvalue weighted by Crippen LogP contribution is -2.40. The number of hydrogen-bond donors (Lipinski definition) is 1. The summed E-state index contributed by atoms with van der Waals surface area (Å²) >= 11 is 2.09. The number of aliphatic hydroxyl groups is 1. The highest BCUT2D eigenvalue weighted by Gasteiger charge is 2.41. The molecule has 4 rings (SSSR count). The van der Waals surface area contributed by atoms with E-state index in [0.29, 0.717) is 9.66 Å². The number of halogens is 1. The maximum atomic E-state index is 10.0. The third kappa shape index (κ3) is 3.07. The predicted octanol–water partition coefficient (Wildman–Crippen LogP) is 4.22. The summed E-state index contributed by atoms with van der Waals surface area (Å²) in [6, 6.07) is 30.7. The van der Waals surface area contributed by atoms with Gasteiger partial charge in [0.25, 0.3) is 0 Å². The van der Waals surface area contributed by atoms with Crippen molar-refractivity contribution in [1.82, 2.24) is 14.8 Å². The molecule has 1 aromatic heterocycles. The number of nitrogens with zero attached hydrogens (tertiary/aromatic N) is 3. The Hall–Kier alpha value is -2.51. The van der Waals surface area contributed by atoms with Crippen molar-refractivity contribution in [2.24, 2.45) is 0 Å². The Labute approximate surface area is 171 Å². The van der Waals surface area contributed by atoms with E-state index in [2.05, 4.69) is 64.0 Å². The first-order valence-corrected chi connectivity index (χ1v) is 9.74. The summed E-state index contributed by atoms with van der Waals surface area (Å²) < 4.78 is 2.46. The number of aromatic nitrogens is 3. The Bertz CT molecular complexity index is 921. The van der Waals surface area contributed by atoms with Gasteiger partial charge < -0.3 is 5.11 Å². The molecule has 3 aromatic carbocycles. The predicted molar refractivity (Wildman–Crippen MR) is 113 cm³/mol. The second-order valence-electron chi connectivity index (χ2n) is 6.18. The van der Waals surface area contributed by atoms with Crippen LogP contribution in [-0.2, 0) is 12.1 Å². The van der Waals surface area contributed by atoms with Crippen LogP contribution in [0.3, 0.4) is 0 Å². The van der Waals surface area contributed by atoms with Crippen LogP contribution in [-0.4, -0.2) is 19.9 Å². The van der Waals surface area contributed by atoms with Gasteiger partial charge in [-0.3, -0.25) is 0 Å². The molecule has 0 amide bonds. The maximum absolute atomic E-state index is 10.0. The fraction of sp³-hybridized carbons (Fsp3) is 0.0909. The number of rotatable bonds is 5. The molecule has 0 saturated carbocycles. The van der Waals surface area contributed by atoms with E-state index in [1.54, 1.807) is 0 Å². The van der Waals surface area contributed by atoms with Crippen LogP contribution >= 0.6 is 22.6 Å². The normalized spacial score (nSPS) is 11.5. The summed E-state index contributed by atoms with van der Waals surface area (Å²) in [4.78, 5) is 4.46. The number of hydrogen-bond acceptors (Lipinski definition) is 3. The summed E-state index contributed by atoms with van der Waals surface area (Å²) in [5.74, 6) is 0.524. The summed E-state index contributed by atoms with van der Waals surface area (Å²) in [6.45, 7) is -0.190. The SMILES string of the molecule is OCc1nc(I)nn1C(c1ccccc1)(c1ccccc1)c1ccccc1. The van der Waals surface area contributed by atoms with Crippen LogP contribution < -0.4 is 0 Å². The van der Waals surface area contributed by atoms with E-state index in [4.69, 9.17) is 5.10 Å². The van der Waals surface area contributed by atoms with Crippen LogP contribution in [0.2, 0.25) is 0 Å². The van der Waals surface area contributed by atoms with Crippen molar-refractivity contribution in [3.8, 4) is 0 Å². The summed E-state index contributed by atoms with van der Waals surface area (Å²) in [6.07, 6.45) is 0. The Morgan fingerprint density at radius 1 is 0.741 bits per heavy atom. The van der Waals surface area contributed by atoms with E-state index in [-0.39, 0.29) is 6.61 Å². The van der Waals surface area contributed by atoms with E-state index in [9.17, 15) is 5.11 Å². The molecule has 134 valence electrons. The van der Waals surface area contributed by atoms with Crippen LogP contribution in [0.15, 0.2) is 91.0 Å². The van der Waals surface area contributed by atoms with Crippen LogP contribution in [0.1, 0.15) is 22.5 Å². The van der Waals surface area contributed by atoms with Crippen molar-refractivity contribution >= 4 is 22.6 Å². The van der Waals surface area contributed by atoms with E-state index < -0.39 is 5.54 Å². The van der Waals surface area contributed by atoms with Crippen molar-refractivity contribution in [3.63, 3.8) is 0 Å². The molecular weight excluding hydrogens is 449 g/mol. The summed E-state index contributed by atoms with van der Waals surface area (Å²) in [5.41, 5.74) is 2.42. The van der Waals surface area contributed by atoms with Gasteiger partial charge in [0.15, 0.2) is 5.82 Å². The van der Waals surface area contributed by atoms with E-state index in [0.717, 1.165) is 16.7 Å². The van der Waals surface area contributed by atoms with Crippen LogP contribution in [0, 0.1) is 3.83 Å². The Balaban J connectivity index is 2.16. The van der Waals surface area contributed by atoms with Gasteiger partial charge in [0.05, 0.1) is 0 Å². The van der Waals surface area contributed by atoms with Gasteiger partial charge in [-0.25, -0.2) is 9.67 Å². The average Bonchev–Trinajstić information content (AvgIpc) is 3.12. The highest BCUT2D eigenvalue weighted by Crippen LogP contribution is 2.40. The molecule has 0 atom stereocenters. The van der Waals surface area contributed by atoms with Gasteiger partial charge in [0.2, 0.25) is 3.83 Å². The van der Waals surface area contributed by atoms with Gasteiger partial charge >= 0.3 is 0 Å². The monoisotopic (exact) mass is 467 g/mol. The molecule has 0 unspecified atom stereocenters. The Morgan fingerprint density at radius 3 is 1.52 bits per heavy atom. The third-order valence-electron chi connectivity index (χ3n) is 4.68. The van der Waals surface area contributed by atoms with Crippen LogP contribution in [0.4, 0.5) is 0 Å². The zero-order chi connectivity index (χ0) is 18.7. The minimum Gasteiger partial charge on any atom is -0.388 e. The molecule has 0 bridgehead atoms. The standard InChI is InChI=1S/C22H18IN3O/c23-21-24-20(16-27)26(25-21)22(17-10-4-1-5-11-17,18-12-6-2-7-13-18)19-14-8-3-9-15-19/h1-15,27H,16H2. The highest BCUT2D eigenvalue weighted by atomic mass is 127. The van der Waals surface area contributed by atoms with E-state index >= 15 is 0 Å². The third-order valence-corrected chi connectivity index (χ3v) is 5.14. The van der Waals surface area contributed by atoms with Crippen molar-refractivity contribution in [3.05, 3.63) is 117 Å². The van der Waals surface area contributed by atoms with Gasteiger partial charge in [-0.15, -0.1) is 5.10 Å². The van der Waals surface area contributed by atoms with Crippen molar-refractivity contribution in [2.75, 3.05) is 0 Å². The first kappa shape index (κ1) is 17.9. The topological polar surface area (TPSA) is 50.9 Å². The Morgan fingerprint density at radius 2 is 1.15 bits per heavy atom. The van der Waals surface area contributed by atoms with Gasteiger partial charge in [-0.05, 0) is 16.7 Å². The lowest BCUT2D eigenvalue weighted by Gasteiger charge is -2.36. The molecule has 0 aliphatic heterocycles. The maximum Gasteiger partial charge on any atom is 0.211 e. The molecule has 0 spiro atoms. The van der Waals surface area contributed by atoms with Gasteiger partial charge in [0, 0.05) is 22.6 Å². The smallest absolute Gasteiger partial charge is 0.211 e. The molecule has 4 aromatic rings. The van der Waals surface area contributed by atoms with Crippen molar-refractivity contribution in [2.45, 2.75) is 12.1 Å². The molecular formula is C22H18IN3O. The zero-order valence-corrected chi connectivity index (χ0v) is 16.7. The van der Waals surface area contributed by atoms with Crippen LogP contribution in [0.25, 0.3) is 0 Å². The van der Waals surface area contributed by atoms with Crippen LogP contribution in [0.5, 0.6) is 0 Å². The minimum absolute atomic E-state index is 0.190. The van der Waals surface area contributed by atoms with Crippen molar-refractivity contribution in [1.29, 1.82) is 0 Å². The van der Waals surface area contributed by atoms with Gasteiger partial charge in [-0.1, -0.05) is 91.0 Å².